The first-order chi connectivity index (χ1) is 7.50. The Labute approximate surface area is 99.0 Å². The Hall–Kier alpha value is -1.22. The number of aryl methyl sites for hydroxylation is 1. The molecule has 1 aromatic heterocycles. The lowest BCUT2D eigenvalue weighted by Gasteiger charge is -2.03. The number of halogens is 1. The lowest BCUT2D eigenvalue weighted by Crippen LogP contribution is -1.94. The summed E-state index contributed by atoms with van der Waals surface area (Å²) >= 11 is 6.00. The predicted octanol–water partition coefficient (Wildman–Crippen LogP) is 3.69. The van der Waals surface area contributed by atoms with Gasteiger partial charge in [0.1, 0.15) is 10.8 Å². The van der Waals surface area contributed by atoms with E-state index in [1.807, 2.05) is 13.0 Å². The number of phenols is 1. The molecule has 86 valence electrons. The Morgan fingerprint density at radius 3 is 2.81 bits per heavy atom. The average molecular weight is 240 g/mol. The lowest BCUT2D eigenvalue weighted by molar-refractivity contribution is 0.435. The summed E-state index contributed by atoms with van der Waals surface area (Å²) < 4.78 is 5.17. The van der Waals surface area contributed by atoms with Crippen LogP contribution in [-0.4, -0.2) is 10.3 Å². The van der Waals surface area contributed by atoms with Crippen molar-refractivity contribution in [3.63, 3.8) is 0 Å². The van der Waals surface area contributed by atoms with Crippen LogP contribution in [0.4, 0.5) is 0 Å². The molecule has 0 aliphatic carbocycles. The number of aromatic hydroxyl groups is 1. The van der Waals surface area contributed by atoms with E-state index in [1.165, 1.54) is 0 Å². The van der Waals surface area contributed by atoms with Crippen molar-refractivity contribution in [2.75, 3.05) is 0 Å². The van der Waals surface area contributed by atoms with Crippen molar-refractivity contribution < 1.29 is 9.63 Å². The van der Waals surface area contributed by atoms with Crippen molar-refractivity contribution in [1.29, 1.82) is 0 Å². The summed E-state index contributed by atoms with van der Waals surface area (Å²) in [6, 6.07) is 1.87. The molecule has 1 aromatic carbocycles. The fraction of sp³-hybridized carbons (Fsp3) is 0.417. The molecule has 0 spiro atoms. The average Bonchev–Trinajstić information content (AvgIpc) is 2.58. The number of hydrogen-bond acceptors (Lipinski definition) is 3. The van der Waals surface area contributed by atoms with Gasteiger partial charge in [0.25, 0.3) is 0 Å². The third-order valence-electron chi connectivity index (χ3n) is 2.55. The van der Waals surface area contributed by atoms with Crippen molar-refractivity contribution in [2.24, 2.45) is 5.92 Å². The Bertz CT molecular complexity index is 531. The van der Waals surface area contributed by atoms with E-state index in [1.54, 1.807) is 0 Å². The summed E-state index contributed by atoms with van der Waals surface area (Å²) in [6.45, 7) is 6.05. The molecule has 16 heavy (non-hydrogen) atoms. The molecule has 1 N–H and O–H groups in total. The van der Waals surface area contributed by atoms with Crippen LogP contribution in [-0.2, 0) is 6.42 Å². The Balaban J connectivity index is 2.64. The number of nitrogens with zero attached hydrogens (tertiary/aromatic N) is 1. The van der Waals surface area contributed by atoms with Crippen LogP contribution in [0.1, 0.15) is 25.1 Å². The predicted molar refractivity (Wildman–Crippen MR) is 64.0 cm³/mol. The summed E-state index contributed by atoms with van der Waals surface area (Å²) in [4.78, 5) is 0. The summed E-state index contributed by atoms with van der Waals surface area (Å²) in [5.41, 5.74) is 2.11. The van der Waals surface area contributed by atoms with Gasteiger partial charge in [-0.25, -0.2) is 0 Å². The van der Waals surface area contributed by atoms with E-state index in [2.05, 4.69) is 19.0 Å². The van der Waals surface area contributed by atoms with Gasteiger partial charge in [-0.1, -0.05) is 30.6 Å². The van der Waals surface area contributed by atoms with Gasteiger partial charge in [-0.2, -0.15) is 0 Å². The van der Waals surface area contributed by atoms with Crippen LogP contribution in [0.25, 0.3) is 11.0 Å². The third-order valence-corrected chi connectivity index (χ3v) is 2.90. The molecule has 0 radical (unpaired) electrons. The smallest absolute Gasteiger partial charge is 0.189 e. The highest BCUT2D eigenvalue weighted by atomic mass is 35.5. The summed E-state index contributed by atoms with van der Waals surface area (Å²) in [5, 5.41) is 14.8. The van der Waals surface area contributed by atoms with E-state index in [9.17, 15) is 5.11 Å². The van der Waals surface area contributed by atoms with E-state index in [0.29, 0.717) is 11.5 Å². The lowest BCUT2D eigenvalue weighted by atomic mass is 10.0. The molecule has 0 saturated carbocycles. The van der Waals surface area contributed by atoms with Gasteiger partial charge in [0.05, 0.1) is 5.69 Å². The fourth-order valence-corrected chi connectivity index (χ4v) is 2.02. The first-order valence-electron chi connectivity index (χ1n) is 5.27. The number of benzene rings is 1. The highest BCUT2D eigenvalue weighted by Gasteiger charge is 2.16. The molecular weight excluding hydrogens is 226 g/mol. The quantitative estimate of drug-likeness (QED) is 0.869. The molecule has 3 nitrogen and oxygen atoms in total. The van der Waals surface area contributed by atoms with Crippen molar-refractivity contribution in [2.45, 2.75) is 27.2 Å². The minimum atomic E-state index is 0.0708. The monoisotopic (exact) mass is 239 g/mol. The molecule has 0 saturated heterocycles. The Morgan fingerprint density at radius 1 is 1.50 bits per heavy atom. The molecule has 0 fully saturated rings. The van der Waals surface area contributed by atoms with Crippen LogP contribution in [0, 0.1) is 12.8 Å². The summed E-state index contributed by atoms with van der Waals surface area (Å²) in [7, 11) is 0. The maximum absolute atomic E-state index is 9.68. The standard InChI is InChI=1S/C12H14ClNO2/c1-6(2)4-9-8-5-7(3)11(15)10(13)12(8)16-14-9/h5-6,15H,4H2,1-3H3. The Kier molecular flexibility index (Phi) is 2.80. The minimum Gasteiger partial charge on any atom is -0.506 e. The second-order valence-electron chi connectivity index (χ2n) is 4.46. The van der Waals surface area contributed by atoms with Crippen LogP contribution < -0.4 is 0 Å². The van der Waals surface area contributed by atoms with Crippen LogP contribution in [0.3, 0.4) is 0 Å². The SMILES string of the molecule is Cc1cc2c(CC(C)C)noc2c(Cl)c1O. The molecule has 0 amide bonds. The molecule has 1 heterocycles. The largest absolute Gasteiger partial charge is 0.506 e. The molecular formula is C12H14ClNO2. The number of aromatic nitrogens is 1. The number of fused-ring (bicyclic) bond motifs is 1. The molecule has 0 aliphatic heterocycles. The van der Waals surface area contributed by atoms with Crippen LogP contribution in [0.5, 0.6) is 5.75 Å². The van der Waals surface area contributed by atoms with Crippen molar-refractivity contribution in [3.8, 4) is 5.75 Å². The van der Waals surface area contributed by atoms with Gasteiger partial charge in [0.2, 0.25) is 0 Å². The van der Waals surface area contributed by atoms with Crippen molar-refractivity contribution in [3.05, 3.63) is 22.3 Å². The van der Waals surface area contributed by atoms with Crippen LogP contribution in [0.2, 0.25) is 5.02 Å². The number of rotatable bonds is 2. The van der Waals surface area contributed by atoms with E-state index in [4.69, 9.17) is 16.1 Å². The zero-order valence-corrected chi connectivity index (χ0v) is 10.3. The third kappa shape index (κ3) is 1.76. The maximum Gasteiger partial charge on any atom is 0.189 e. The zero-order valence-electron chi connectivity index (χ0n) is 9.54. The van der Waals surface area contributed by atoms with Gasteiger partial charge >= 0.3 is 0 Å². The fourth-order valence-electron chi connectivity index (χ4n) is 1.74. The van der Waals surface area contributed by atoms with Crippen LogP contribution >= 0.6 is 11.6 Å². The van der Waals surface area contributed by atoms with Gasteiger partial charge < -0.3 is 9.63 Å². The second-order valence-corrected chi connectivity index (χ2v) is 4.84. The number of phenolic OH excluding ortho intramolecular Hbond substituents is 1. The second kappa shape index (κ2) is 3.98. The first-order valence-corrected chi connectivity index (χ1v) is 5.64. The molecule has 4 heteroatoms. The molecule has 0 bridgehead atoms. The topological polar surface area (TPSA) is 46.3 Å². The van der Waals surface area contributed by atoms with Crippen LogP contribution in [0.15, 0.2) is 10.6 Å². The zero-order chi connectivity index (χ0) is 11.9. The van der Waals surface area contributed by atoms with E-state index >= 15 is 0 Å². The molecule has 0 atom stereocenters. The van der Waals surface area contributed by atoms with Gasteiger partial charge in [-0.15, -0.1) is 0 Å². The molecule has 2 aromatic rings. The highest BCUT2D eigenvalue weighted by molar-refractivity contribution is 6.36. The summed E-state index contributed by atoms with van der Waals surface area (Å²) in [6.07, 6.45) is 0.841. The molecule has 2 rings (SSSR count). The minimum absolute atomic E-state index is 0.0708. The van der Waals surface area contributed by atoms with Crippen molar-refractivity contribution in [1.82, 2.24) is 5.16 Å². The first kappa shape index (κ1) is 11.3. The van der Waals surface area contributed by atoms with Gasteiger partial charge in [0, 0.05) is 5.39 Å². The van der Waals surface area contributed by atoms with E-state index < -0.39 is 0 Å². The summed E-state index contributed by atoms with van der Waals surface area (Å²) in [5.74, 6) is 0.572. The van der Waals surface area contributed by atoms with Gasteiger partial charge in [-0.3, -0.25) is 0 Å². The molecule has 0 unspecified atom stereocenters. The van der Waals surface area contributed by atoms with Gasteiger partial charge in [-0.05, 0) is 30.9 Å². The Morgan fingerprint density at radius 2 is 2.19 bits per heavy atom. The van der Waals surface area contributed by atoms with E-state index in [-0.39, 0.29) is 10.8 Å². The van der Waals surface area contributed by atoms with Crippen molar-refractivity contribution >= 4 is 22.6 Å². The van der Waals surface area contributed by atoms with Gasteiger partial charge in [0.15, 0.2) is 5.58 Å². The normalized spacial score (nSPS) is 11.6. The van der Waals surface area contributed by atoms with E-state index in [0.717, 1.165) is 23.1 Å². The molecule has 0 aliphatic rings. The maximum atomic E-state index is 9.68. The highest BCUT2D eigenvalue weighted by Crippen LogP contribution is 2.36. The number of hydrogen-bond donors (Lipinski definition) is 1.